The number of hydrogen-bond donors (Lipinski definition) is 1. The predicted molar refractivity (Wildman–Crippen MR) is 127 cm³/mol. The van der Waals surface area contributed by atoms with Crippen molar-refractivity contribution in [3.8, 4) is 6.07 Å². The van der Waals surface area contributed by atoms with Crippen LogP contribution in [0.1, 0.15) is 37.3 Å². The highest BCUT2D eigenvalue weighted by molar-refractivity contribution is 7.86. The van der Waals surface area contributed by atoms with Gasteiger partial charge in [-0.3, -0.25) is 9.59 Å². The normalized spacial score (nSPS) is 24.8. The molecule has 9 nitrogen and oxygen atoms in total. The first kappa shape index (κ1) is 27.6. The van der Waals surface area contributed by atoms with Gasteiger partial charge in [-0.15, -0.1) is 0 Å². The average Bonchev–Trinajstić information content (AvgIpc) is 3.31. The molecule has 14 heteroatoms. The molecule has 3 aliphatic heterocycles. The molecule has 1 unspecified atom stereocenters. The fourth-order valence-corrected chi connectivity index (χ4v) is 6.93. The standard InChI is InChI=1S/C23H27ClF3N5O4S/c24-18-7-5-16(6-8-18)20(23(25,26)27)29-21(33)19-4-2-10-32(19)22(34)17-3-1-9-30(14-17)37(35,36)31-12-15(11-28)13-31/h5-8,15,17,19-20H,1-4,9-10,12-14H2,(H,29,33)/t17-,19+,20?/m0/s1. The maximum Gasteiger partial charge on any atom is 0.412 e. The third-order valence-electron chi connectivity index (χ3n) is 7.07. The molecule has 2 amide bonds. The summed E-state index contributed by atoms with van der Waals surface area (Å²) in [6, 6.07) is 3.66. The van der Waals surface area contributed by atoms with E-state index in [1.165, 1.54) is 37.8 Å². The highest BCUT2D eigenvalue weighted by Gasteiger charge is 2.46. The molecule has 4 rings (SSSR count). The van der Waals surface area contributed by atoms with Gasteiger partial charge in [0, 0.05) is 37.7 Å². The van der Waals surface area contributed by atoms with Crippen molar-refractivity contribution < 1.29 is 31.2 Å². The maximum atomic E-state index is 13.8. The third-order valence-corrected chi connectivity index (χ3v) is 9.26. The van der Waals surface area contributed by atoms with Crippen LogP contribution in [0.5, 0.6) is 0 Å². The van der Waals surface area contributed by atoms with Crippen LogP contribution in [0.15, 0.2) is 24.3 Å². The van der Waals surface area contributed by atoms with Crippen LogP contribution in [0.3, 0.4) is 0 Å². The topological polar surface area (TPSA) is 114 Å². The van der Waals surface area contributed by atoms with Gasteiger partial charge in [0.1, 0.15) is 6.04 Å². The van der Waals surface area contributed by atoms with Crippen molar-refractivity contribution in [3.63, 3.8) is 0 Å². The summed E-state index contributed by atoms with van der Waals surface area (Å²) in [5, 5.41) is 11.2. The third kappa shape index (κ3) is 5.87. The number of hydrogen-bond acceptors (Lipinski definition) is 5. The zero-order valence-electron chi connectivity index (χ0n) is 19.8. The molecule has 3 saturated heterocycles. The van der Waals surface area contributed by atoms with Gasteiger partial charge in [0.15, 0.2) is 6.04 Å². The minimum absolute atomic E-state index is 0.0737. The predicted octanol–water partition coefficient (Wildman–Crippen LogP) is 2.46. The summed E-state index contributed by atoms with van der Waals surface area (Å²) in [6.07, 6.45) is -3.27. The van der Waals surface area contributed by atoms with Crippen LogP contribution in [0.2, 0.25) is 5.02 Å². The van der Waals surface area contributed by atoms with E-state index >= 15 is 0 Å². The Kier molecular flexibility index (Phi) is 8.04. The van der Waals surface area contributed by atoms with Crippen molar-refractivity contribution in [1.29, 1.82) is 5.26 Å². The number of rotatable bonds is 6. The number of likely N-dealkylation sites (tertiary alicyclic amines) is 1. The van der Waals surface area contributed by atoms with Gasteiger partial charge in [0.2, 0.25) is 11.8 Å². The lowest BCUT2D eigenvalue weighted by Gasteiger charge is -2.41. The number of amides is 2. The van der Waals surface area contributed by atoms with E-state index in [1.807, 2.05) is 6.07 Å². The molecule has 37 heavy (non-hydrogen) atoms. The second kappa shape index (κ2) is 10.8. The largest absolute Gasteiger partial charge is 0.412 e. The maximum absolute atomic E-state index is 13.8. The summed E-state index contributed by atoms with van der Waals surface area (Å²) in [7, 11) is -3.82. The van der Waals surface area contributed by atoms with E-state index in [-0.39, 0.29) is 55.6 Å². The highest BCUT2D eigenvalue weighted by Crippen LogP contribution is 2.34. The van der Waals surface area contributed by atoms with Gasteiger partial charge in [-0.1, -0.05) is 23.7 Å². The Balaban J connectivity index is 1.44. The first-order valence-electron chi connectivity index (χ1n) is 12.0. The number of nitrogens with zero attached hydrogens (tertiary/aromatic N) is 4. The Labute approximate surface area is 218 Å². The molecule has 0 saturated carbocycles. The number of piperidine rings is 1. The summed E-state index contributed by atoms with van der Waals surface area (Å²) >= 11 is 5.78. The van der Waals surface area contributed by atoms with E-state index < -0.39 is 46.2 Å². The van der Waals surface area contributed by atoms with Crippen LogP contribution < -0.4 is 5.32 Å². The zero-order chi connectivity index (χ0) is 27.0. The van der Waals surface area contributed by atoms with E-state index in [9.17, 15) is 31.2 Å². The van der Waals surface area contributed by atoms with Gasteiger partial charge in [-0.2, -0.15) is 35.5 Å². The Morgan fingerprint density at radius 2 is 1.70 bits per heavy atom. The average molecular weight is 562 g/mol. The highest BCUT2D eigenvalue weighted by atomic mass is 35.5. The van der Waals surface area contributed by atoms with Gasteiger partial charge in [-0.25, -0.2) is 0 Å². The van der Waals surface area contributed by atoms with E-state index in [4.69, 9.17) is 16.9 Å². The summed E-state index contributed by atoms with van der Waals surface area (Å²) in [4.78, 5) is 27.6. The van der Waals surface area contributed by atoms with Gasteiger partial charge in [0.25, 0.3) is 10.2 Å². The van der Waals surface area contributed by atoms with Gasteiger partial charge in [0.05, 0.1) is 17.9 Å². The molecule has 1 N–H and O–H groups in total. The van der Waals surface area contributed by atoms with Crippen LogP contribution >= 0.6 is 11.6 Å². The Morgan fingerprint density at radius 1 is 1.05 bits per heavy atom. The van der Waals surface area contributed by atoms with Crippen LogP contribution in [0, 0.1) is 23.2 Å². The van der Waals surface area contributed by atoms with Crippen LogP contribution in [0.4, 0.5) is 13.2 Å². The number of nitriles is 1. The molecule has 0 radical (unpaired) electrons. The molecule has 0 aliphatic carbocycles. The molecular formula is C23H27ClF3N5O4S. The molecule has 202 valence electrons. The molecule has 1 aromatic rings. The van der Waals surface area contributed by atoms with E-state index in [0.717, 1.165) is 0 Å². The second-order valence-electron chi connectivity index (χ2n) is 9.57. The number of carbonyl (C=O) groups excluding carboxylic acids is 2. The molecule has 0 spiro atoms. The molecule has 0 bridgehead atoms. The molecule has 3 heterocycles. The van der Waals surface area contributed by atoms with Crippen LogP contribution in [-0.4, -0.2) is 78.7 Å². The number of nitrogens with one attached hydrogen (secondary N) is 1. The summed E-state index contributed by atoms with van der Waals surface area (Å²) in [5.74, 6) is -2.41. The van der Waals surface area contributed by atoms with Crippen molar-refractivity contribution in [2.45, 2.75) is 43.9 Å². The molecule has 0 aromatic heterocycles. The smallest absolute Gasteiger partial charge is 0.339 e. The molecule has 3 fully saturated rings. The molecule has 3 atom stereocenters. The fraction of sp³-hybridized carbons (Fsp3) is 0.609. The summed E-state index contributed by atoms with van der Waals surface area (Å²) < 4.78 is 69.6. The fourth-order valence-electron chi connectivity index (χ4n) is 5.01. The lowest BCUT2D eigenvalue weighted by molar-refractivity contribution is -0.165. The Bertz CT molecular complexity index is 1170. The zero-order valence-corrected chi connectivity index (χ0v) is 21.4. The van der Waals surface area contributed by atoms with Crippen molar-refractivity contribution in [2.24, 2.45) is 11.8 Å². The number of benzene rings is 1. The van der Waals surface area contributed by atoms with Crippen molar-refractivity contribution in [3.05, 3.63) is 34.9 Å². The first-order chi connectivity index (χ1) is 17.4. The Hall–Kier alpha value is -2.40. The van der Waals surface area contributed by atoms with Crippen LogP contribution in [-0.2, 0) is 19.8 Å². The van der Waals surface area contributed by atoms with E-state index in [0.29, 0.717) is 19.3 Å². The molecular weight excluding hydrogens is 535 g/mol. The number of carbonyl (C=O) groups is 2. The summed E-state index contributed by atoms with van der Waals surface area (Å²) in [6.45, 7) is 0.578. The quantitative estimate of drug-likeness (QED) is 0.573. The lowest BCUT2D eigenvalue weighted by Crippen LogP contribution is -2.57. The number of alkyl halides is 3. The van der Waals surface area contributed by atoms with Crippen molar-refractivity contribution >= 4 is 33.6 Å². The second-order valence-corrected chi connectivity index (χ2v) is 11.9. The monoisotopic (exact) mass is 561 g/mol. The minimum Gasteiger partial charge on any atom is -0.339 e. The summed E-state index contributed by atoms with van der Waals surface area (Å²) in [5.41, 5.74) is -0.182. The van der Waals surface area contributed by atoms with E-state index in [2.05, 4.69) is 5.32 Å². The van der Waals surface area contributed by atoms with Crippen LogP contribution in [0.25, 0.3) is 0 Å². The molecule has 3 aliphatic rings. The van der Waals surface area contributed by atoms with Crippen molar-refractivity contribution in [1.82, 2.24) is 18.8 Å². The SMILES string of the molecule is N#CC1CN(S(=O)(=O)N2CCC[C@H](C(=O)N3CCC[C@@H]3C(=O)NC(c3ccc(Cl)cc3)C(F)(F)F)C2)C1. The van der Waals surface area contributed by atoms with E-state index in [1.54, 1.807) is 0 Å². The number of halogens is 4. The lowest BCUT2D eigenvalue weighted by atomic mass is 9.97. The van der Waals surface area contributed by atoms with Gasteiger partial charge < -0.3 is 10.2 Å². The minimum atomic E-state index is -4.77. The molecule has 1 aromatic carbocycles. The Morgan fingerprint density at radius 3 is 2.32 bits per heavy atom. The van der Waals surface area contributed by atoms with Crippen molar-refractivity contribution in [2.75, 3.05) is 32.7 Å². The van der Waals surface area contributed by atoms with Gasteiger partial charge in [-0.05, 0) is 43.4 Å². The first-order valence-corrected chi connectivity index (χ1v) is 13.8. The van der Waals surface area contributed by atoms with Gasteiger partial charge >= 0.3 is 6.18 Å².